The fraction of sp³-hybridized carbons (Fsp3) is 0.231. The van der Waals surface area contributed by atoms with E-state index >= 15 is 0 Å². The van der Waals surface area contributed by atoms with Crippen molar-refractivity contribution in [2.45, 2.75) is 20.3 Å². The standard InChI is InChI=1S/C13H16/c1-4-6-9-12-10-7-8-11(3)13(12)5-2/h4-9H,2,10H2,1,3H3/b6-4-,12-9+. The Balaban J connectivity index is 3.02. The maximum absolute atomic E-state index is 3.84. The lowest BCUT2D eigenvalue weighted by molar-refractivity contribution is 1.18. The molecule has 0 spiro atoms. The summed E-state index contributed by atoms with van der Waals surface area (Å²) >= 11 is 0. The third-order valence-corrected chi connectivity index (χ3v) is 2.17. The molecule has 0 atom stereocenters. The van der Waals surface area contributed by atoms with Crippen molar-refractivity contribution in [1.82, 2.24) is 0 Å². The van der Waals surface area contributed by atoms with E-state index in [1.807, 2.05) is 19.1 Å². The van der Waals surface area contributed by atoms with Crippen LogP contribution in [0.5, 0.6) is 0 Å². The molecule has 0 N–H and O–H groups in total. The summed E-state index contributed by atoms with van der Waals surface area (Å²) in [5.41, 5.74) is 3.94. The van der Waals surface area contributed by atoms with Gasteiger partial charge in [0.05, 0.1) is 0 Å². The van der Waals surface area contributed by atoms with E-state index in [0.717, 1.165) is 6.42 Å². The molecule has 68 valence electrons. The van der Waals surface area contributed by atoms with Gasteiger partial charge in [0, 0.05) is 0 Å². The Bertz CT molecular complexity index is 309. The third kappa shape index (κ3) is 2.32. The maximum atomic E-state index is 3.84. The summed E-state index contributed by atoms with van der Waals surface area (Å²) in [5, 5.41) is 0. The molecule has 0 fully saturated rings. The van der Waals surface area contributed by atoms with Gasteiger partial charge in [-0.3, -0.25) is 0 Å². The summed E-state index contributed by atoms with van der Waals surface area (Å²) < 4.78 is 0. The first-order valence-electron chi connectivity index (χ1n) is 4.61. The summed E-state index contributed by atoms with van der Waals surface area (Å²) in [6.45, 7) is 7.99. The van der Waals surface area contributed by atoms with Crippen LogP contribution >= 0.6 is 0 Å². The molecule has 1 aliphatic rings. The van der Waals surface area contributed by atoms with Crippen LogP contribution in [0.1, 0.15) is 20.3 Å². The lowest BCUT2D eigenvalue weighted by Crippen LogP contribution is -1.93. The predicted molar refractivity (Wildman–Crippen MR) is 59.6 cm³/mol. The highest BCUT2D eigenvalue weighted by atomic mass is 14.1. The van der Waals surface area contributed by atoms with Crippen LogP contribution < -0.4 is 0 Å². The second kappa shape index (κ2) is 4.66. The van der Waals surface area contributed by atoms with Gasteiger partial charge in [0.25, 0.3) is 0 Å². The molecule has 0 heteroatoms. The fourth-order valence-electron chi connectivity index (χ4n) is 1.48. The Morgan fingerprint density at radius 2 is 2.23 bits per heavy atom. The lowest BCUT2D eigenvalue weighted by atomic mass is 9.93. The minimum atomic E-state index is 1.02. The van der Waals surface area contributed by atoms with Crippen molar-refractivity contribution in [3.63, 3.8) is 0 Å². The molecule has 0 aromatic rings. The summed E-state index contributed by atoms with van der Waals surface area (Å²) in [6, 6.07) is 0. The Labute approximate surface area is 80.7 Å². The van der Waals surface area contributed by atoms with Gasteiger partial charge in [-0.2, -0.15) is 0 Å². The van der Waals surface area contributed by atoms with E-state index in [1.54, 1.807) is 0 Å². The second-order valence-electron chi connectivity index (χ2n) is 3.12. The zero-order valence-electron chi connectivity index (χ0n) is 8.38. The van der Waals surface area contributed by atoms with Crippen LogP contribution in [0.15, 0.2) is 59.8 Å². The number of hydrogen-bond acceptors (Lipinski definition) is 0. The van der Waals surface area contributed by atoms with Crippen LogP contribution in [0, 0.1) is 0 Å². The molecule has 13 heavy (non-hydrogen) atoms. The third-order valence-electron chi connectivity index (χ3n) is 2.17. The quantitative estimate of drug-likeness (QED) is 0.591. The highest BCUT2D eigenvalue weighted by molar-refractivity contribution is 5.50. The molecule has 0 bridgehead atoms. The average molecular weight is 172 g/mol. The Hall–Kier alpha value is -1.30. The largest absolute Gasteiger partial charge is 0.0984 e. The molecule has 1 rings (SSSR count). The van der Waals surface area contributed by atoms with Gasteiger partial charge >= 0.3 is 0 Å². The first-order valence-corrected chi connectivity index (χ1v) is 4.61. The van der Waals surface area contributed by atoms with Crippen LogP contribution in [0.2, 0.25) is 0 Å². The Morgan fingerprint density at radius 1 is 1.46 bits per heavy atom. The normalized spacial score (nSPS) is 20.3. The molecule has 0 saturated carbocycles. The first-order chi connectivity index (χ1) is 6.29. The number of allylic oxidation sites excluding steroid dienone is 9. The molecule has 0 heterocycles. The number of hydrogen-bond donors (Lipinski definition) is 0. The van der Waals surface area contributed by atoms with Crippen molar-refractivity contribution in [3.8, 4) is 0 Å². The monoisotopic (exact) mass is 172 g/mol. The van der Waals surface area contributed by atoms with E-state index in [9.17, 15) is 0 Å². The molecule has 0 nitrogen and oxygen atoms in total. The molecule has 0 aromatic heterocycles. The molecule has 0 radical (unpaired) electrons. The minimum absolute atomic E-state index is 1.02. The molecule has 0 amide bonds. The van der Waals surface area contributed by atoms with E-state index in [-0.39, 0.29) is 0 Å². The van der Waals surface area contributed by atoms with Crippen molar-refractivity contribution in [1.29, 1.82) is 0 Å². The maximum Gasteiger partial charge on any atom is -0.00882 e. The van der Waals surface area contributed by atoms with E-state index in [4.69, 9.17) is 0 Å². The SMILES string of the molecule is C=CC1=C(C)C=CC/C1=C\C=C/C. The van der Waals surface area contributed by atoms with Crippen LogP contribution in [0.25, 0.3) is 0 Å². The summed E-state index contributed by atoms with van der Waals surface area (Å²) in [6.07, 6.45) is 13.6. The van der Waals surface area contributed by atoms with Crippen molar-refractivity contribution < 1.29 is 0 Å². The zero-order valence-corrected chi connectivity index (χ0v) is 8.38. The zero-order chi connectivity index (χ0) is 9.68. The highest BCUT2D eigenvalue weighted by Gasteiger charge is 2.05. The van der Waals surface area contributed by atoms with Crippen molar-refractivity contribution in [3.05, 3.63) is 59.8 Å². The van der Waals surface area contributed by atoms with Gasteiger partial charge in [-0.05, 0) is 37.0 Å². The van der Waals surface area contributed by atoms with Crippen LogP contribution in [0.3, 0.4) is 0 Å². The minimum Gasteiger partial charge on any atom is -0.0984 e. The molecular weight excluding hydrogens is 156 g/mol. The van der Waals surface area contributed by atoms with Gasteiger partial charge in [-0.25, -0.2) is 0 Å². The van der Waals surface area contributed by atoms with Gasteiger partial charge < -0.3 is 0 Å². The number of rotatable bonds is 2. The Kier molecular flexibility index (Phi) is 3.51. The van der Waals surface area contributed by atoms with E-state index in [2.05, 4.69) is 37.8 Å². The molecule has 1 aliphatic carbocycles. The van der Waals surface area contributed by atoms with E-state index in [0.29, 0.717) is 0 Å². The van der Waals surface area contributed by atoms with E-state index in [1.165, 1.54) is 16.7 Å². The molecule has 0 unspecified atom stereocenters. The molecule has 0 saturated heterocycles. The highest BCUT2D eigenvalue weighted by Crippen LogP contribution is 2.25. The van der Waals surface area contributed by atoms with Gasteiger partial charge in [-0.15, -0.1) is 0 Å². The van der Waals surface area contributed by atoms with Crippen molar-refractivity contribution >= 4 is 0 Å². The molecular formula is C13H16. The lowest BCUT2D eigenvalue weighted by Gasteiger charge is -2.12. The summed E-state index contributed by atoms with van der Waals surface area (Å²) in [5.74, 6) is 0. The average Bonchev–Trinajstić information content (AvgIpc) is 2.15. The molecule has 0 aliphatic heterocycles. The van der Waals surface area contributed by atoms with Crippen LogP contribution in [-0.2, 0) is 0 Å². The Morgan fingerprint density at radius 3 is 2.85 bits per heavy atom. The summed E-state index contributed by atoms with van der Waals surface area (Å²) in [7, 11) is 0. The topological polar surface area (TPSA) is 0 Å². The van der Waals surface area contributed by atoms with Crippen LogP contribution in [-0.4, -0.2) is 0 Å². The first kappa shape index (κ1) is 9.79. The fourth-order valence-corrected chi connectivity index (χ4v) is 1.48. The van der Waals surface area contributed by atoms with Crippen LogP contribution in [0.4, 0.5) is 0 Å². The van der Waals surface area contributed by atoms with Crippen molar-refractivity contribution in [2.75, 3.05) is 0 Å². The van der Waals surface area contributed by atoms with E-state index < -0.39 is 0 Å². The smallest absolute Gasteiger partial charge is 0.00882 e. The summed E-state index contributed by atoms with van der Waals surface area (Å²) in [4.78, 5) is 0. The van der Waals surface area contributed by atoms with Gasteiger partial charge in [0.1, 0.15) is 0 Å². The second-order valence-corrected chi connectivity index (χ2v) is 3.12. The predicted octanol–water partition coefficient (Wildman–Crippen LogP) is 3.95. The van der Waals surface area contributed by atoms with Gasteiger partial charge in [0.15, 0.2) is 0 Å². The van der Waals surface area contributed by atoms with Gasteiger partial charge in [-0.1, -0.05) is 43.0 Å². The van der Waals surface area contributed by atoms with Crippen molar-refractivity contribution in [2.24, 2.45) is 0 Å². The van der Waals surface area contributed by atoms with Gasteiger partial charge in [0.2, 0.25) is 0 Å². The molecule has 0 aromatic carbocycles.